The predicted molar refractivity (Wildman–Crippen MR) is 526 cm³/mol. The van der Waals surface area contributed by atoms with E-state index in [4.69, 9.17) is 119 Å². The Morgan fingerprint density at radius 3 is 1.44 bits per heavy atom. The van der Waals surface area contributed by atoms with Crippen LogP contribution < -0.4 is 17.2 Å². The molecule has 0 bridgehead atoms. The standard InChI is InChI=1S/C14H23O6PS.C12H22O4.C8H16O3.3C7H14O3.C7H12O3.C6H14O3P.3C5H5N5.2C3H7O2.Al.H/c1-11(2)19-21(15,20-12(3)4)10-18-22(16,17)14-8-6-13(5)7-9-14;1-9(2)8-15-12(13)10(3)16-11-6-4-5-7-14-11;1-7(6-9)11-8-4-2-3-5-10-8;4*1-5(2)4-10-7(9)6(3)8;1-5(2)8-10(7)9-6(3)4;3*6-4-3-5(9-1-7-3)10-2-8-4;2*1-5-3-2-4;;/h6-9,11-12H,10H2,1-5H3;9-11H,4-8H2,1-3H3;7-9H,2-6H2,1H3;3*5-6,8H,4H2,1-3H3;5H,4H2,1-3H3;5-6H,1-4H3;3*1-2H,(H3,6,7,8,9,10);2*2-3H2,1H3;;/q;;;;;;;+1;;;;2*-1;+2;/t;10-,11?;7-,8?;3*6-;;;;;;;;;/m.11111........./s1/i10D2;;6D2;3D3,6D;6D;3D3;;;1D,2D;2D;1D;;;;1+1. The van der Waals surface area contributed by atoms with Crippen LogP contribution in [-0.2, 0) is 130 Å². The zero-order valence-electron chi connectivity index (χ0n) is 101. The van der Waals surface area contributed by atoms with E-state index in [9.17, 15) is 46.3 Å². The molecule has 0 radical (unpaired) electrons. The number of nitrogens with one attached hydrogen (secondary N) is 3. The second kappa shape index (κ2) is 79.8. The second-order valence-electron chi connectivity index (χ2n) is 32.2. The fraction of sp³-hybridized carbons (Fsp3) is 0.697. The van der Waals surface area contributed by atoms with Crippen molar-refractivity contribution in [2.45, 2.75) is 284 Å². The van der Waals surface area contributed by atoms with Crippen LogP contribution in [0, 0.1) is 36.5 Å². The van der Waals surface area contributed by atoms with Crippen LogP contribution in [-0.4, -0.2) is 308 Å². The average Bonchev–Trinajstić information content (AvgIpc) is 1.43. The van der Waals surface area contributed by atoms with Crippen molar-refractivity contribution in [1.82, 2.24) is 59.8 Å². The summed E-state index contributed by atoms with van der Waals surface area (Å²) in [6.45, 7) is 35.7. The van der Waals surface area contributed by atoms with Crippen molar-refractivity contribution in [2.24, 2.45) is 29.6 Å². The summed E-state index contributed by atoms with van der Waals surface area (Å²) in [4.78, 5) is 106. The zero-order chi connectivity index (χ0) is 122. The lowest BCUT2D eigenvalue weighted by Crippen LogP contribution is -2.32. The molecule has 0 spiro atoms. The number of carbonyl (C=O) groups excluding carboxylic acids is 6. The number of rotatable bonds is 40. The molecule has 0 saturated carbocycles. The molecule has 7 aromatic rings. The maximum Gasteiger partial charge on any atom is 0.697 e. The van der Waals surface area contributed by atoms with Gasteiger partial charge in [-0.1, -0.05) is 86.9 Å². The lowest BCUT2D eigenvalue weighted by Gasteiger charge is -2.25. The molecule has 13 N–H and O–H groups in total. The van der Waals surface area contributed by atoms with Gasteiger partial charge in [0.1, 0.15) is 71.4 Å². The molecule has 2 fully saturated rings. The van der Waals surface area contributed by atoms with Crippen LogP contribution in [0.3, 0.4) is 0 Å². The number of aliphatic hydroxyl groups is 4. The van der Waals surface area contributed by atoms with Crippen molar-refractivity contribution < 1.29 is 171 Å². The first kappa shape index (κ1) is 106. The summed E-state index contributed by atoms with van der Waals surface area (Å²) in [5.74, 6) is -3.34. The quantitative estimate of drug-likeness (QED) is 0.00324. The maximum atomic E-state index is 12.8. The molecule has 6 aromatic heterocycles. The van der Waals surface area contributed by atoms with Gasteiger partial charge in [-0.15, -0.1) is 9.05 Å². The highest BCUT2D eigenvalue weighted by Crippen LogP contribution is 2.51. The molecular weight excluding hydrogens is 1910 g/mol. The number of imidazole rings is 3. The van der Waals surface area contributed by atoms with Gasteiger partial charge in [0.15, 0.2) is 59.4 Å². The average molecular weight is 2090 g/mol. The van der Waals surface area contributed by atoms with E-state index in [1.165, 1.54) is 66.3 Å². The topological polar surface area (TPSA) is 659 Å². The molecule has 2 saturated heterocycles. The van der Waals surface area contributed by atoms with Crippen LogP contribution >= 0.6 is 15.9 Å². The van der Waals surface area contributed by atoms with Gasteiger partial charge in [0.25, 0.3) is 10.1 Å². The molecule has 51 heteroatoms. The number of aryl methyl sites for hydroxylation is 1. The number of Topliss-reactive ketones (excluding diaryl/α,β-unsaturated/α-hetero) is 1. The van der Waals surface area contributed by atoms with Gasteiger partial charge in [0, 0.05) is 61.3 Å². The first-order valence-electron chi connectivity index (χ1n) is 52.7. The number of esters is 5. The van der Waals surface area contributed by atoms with Crippen LogP contribution in [0.2, 0.25) is 0 Å². The number of aliphatic hydroxyl groups excluding tert-OH is 1. The summed E-state index contributed by atoms with van der Waals surface area (Å²) in [6.07, 6.45) is -5.49. The summed E-state index contributed by atoms with van der Waals surface area (Å²) in [5.41, 5.74) is 19.8. The number of ether oxygens (including phenoxy) is 11. The lowest BCUT2D eigenvalue weighted by atomic mass is 10.2. The van der Waals surface area contributed by atoms with Crippen LogP contribution in [0.15, 0.2) is 67.0 Å². The van der Waals surface area contributed by atoms with E-state index in [2.05, 4.69) is 82.9 Å². The SMILES string of the molecule is CC(=O)C(=O)OCC(C)C.CC(C)COC(=O)[C@@H](C)OC1CCCCO1.CC(C)O[P+](=O)OC(C)C.[2H]C([2H])(O)[C@@H](C)OC1CCCCO1.[2H]C([2H])(OS(=O)(=O)c1ccc(C)cc1)P(=O)(OC(C)C)OC(C)C.[2H]C([2H])([2H])[C@@H](O)C(=O)OCC(C)C.[2H]C([2H])([2H])[C@@]([2H])(O)C(=O)OCC(C)C.[2H][Al]([O]CCOC)[O]CCOC.[2H][C@](C)(O)C(=O)OCC(C)C.[2H]c1nc(N)c2[nH]cnc2n1.[2H]c1nc(N)c2nc([2H])[nH]c2n1.[2H]c1nc2c(N)ncnc2[nH]1. The number of aromatic amines is 3. The van der Waals surface area contributed by atoms with Crippen LogP contribution in [0.4, 0.5) is 17.5 Å². The van der Waals surface area contributed by atoms with Crippen molar-refractivity contribution in [2.75, 3.05) is 117 Å². The summed E-state index contributed by atoms with van der Waals surface area (Å²) >= 11 is -2.18. The van der Waals surface area contributed by atoms with Crippen molar-refractivity contribution in [3.05, 3.63) is 67.7 Å². The third-order valence-corrected chi connectivity index (χ3v) is 19.5. The summed E-state index contributed by atoms with van der Waals surface area (Å²) < 4.78 is 257. The molecule has 0 aliphatic carbocycles. The highest BCUT2D eigenvalue weighted by atomic mass is 32.2. The summed E-state index contributed by atoms with van der Waals surface area (Å²) in [5, 5.41) is 35.8. The summed E-state index contributed by atoms with van der Waals surface area (Å²) in [7, 11) is -7.75. The Morgan fingerprint density at radius 2 is 1.01 bits per heavy atom. The van der Waals surface area contributed by atoms with Crippen molar-refractivity contribution in [1.29, 1.82) is 0.939 Å². The molecule has 47 nitrogen and oxygen atoms in total. The van der Waals surface area contributed by atoms with Crippen molar-refractivity contribution in [3.63, 3.8) is 0 Å². The van der Waals surface area contributed by atoms with E-state index in [0.717, 1.165) is 57.6 Å². The number of hydrogen-bond acceptors (Lipinski definition) is 44. The Morgan fingerprint density at radius 1 is 0.571 bits per heavy atom. The number of fused-ring (bicyclic) bond motifs is 3. The highest BCUT2D eigenvalue weighted by Gasteiger charge is 2.32. The largest absolute Gasteiger partial charge is 0.697 e. The third kappa shape index (κ3) is 72.6. The Balaban J connectivity index is -0.00000166. The minimum absolute atomic E-state index is 0.0178. The maximum absolute atomic E-state index is 12.8. The van der Waals surface area contributed by atoms with E-state index >= 15 is 0 Å². The van der Waals surface area contributed by atoms with Gasteiger partial charge in [-0.3, -0.25) is 13.5 Å². The number of nitrogen functional groups attached to an aromatic ring is 3. The Hall–Kier alpha value is -8.58. The monoisotopic (exact) mass is 2090 g/mol. The molecule has 1 aromatic carbocycles. The number of anilines is 3. The molecule has 0 amide bonds. The van der Waals surface area contributed by atoms with Crippen molar-refractivity contribution >= 4 is 128 Å². The second-order valence-corrected chi connectivity index (χ2v) is 37.0. The molecule has 2 aliphatic heterocycles. The Bertz CT molecular complexity index is 5390. The molecule has 8 heterocycles. The Labute approximate surface area is 854 Å². The summed E-state index contributed by atoms with van der Waals surface area (Å²) in [6, 6.07) is 5.64. The normalized spacial score (nSPS) is 16.9. The van der Waals surface area contributed by atoms with E-state index in [-0.39, 0.29) is 116 Å². The van der Waals surface area contributed by atoms with Crippen molar-refractivity contribution in [3.8, 4) is 0 Å². The zero-order valence-corrected chi connectivity index (χ0v) is 88.2. The fourth-order valence-electron chi connectivity index (χ4n) is 8.28. The lowest BCUT2D eigenvalue weighted by molar-refractivity contribution is -0.201. The van der Waals surface area contributed by atoms with Gasteiger partial charge in [0.2, 0.25) is 5.78 Å². The highest BCUT2D eigenvalue weighted by molar-refractivity contribution is 7.87. The number of methoxy groups -OCH3 is 2. The van der Waals surface area contributed by atoms with E-state index in [0.29, 0.717) is 91.5 Å². The molecule has 7 atom stereocenters. The fourth-order valence-corrected chi connectivity index (χ4v) is 12.1. The van der Waals surface area contributed by atoms with E-state index in [1.54, 1.807) is 54.0 Å². The predicted octanol–water partition coefficient (Wildman–Crippen LogP) is 11.1. The van der Waals surface area contributed by atoms with Crippen LogP contribution in [0.25, 0.3) is 33.5 Å². The minimum Gasteiger partial charge on any atom is -0.479 e. The first-order chi connectivity index (χ1) is 72.1. The number of benzene rings is 1. The molecule has 9 rings (SSSR count). The first-order valence-corrected chi connectivity index (χ1v) is 49.1. The number of ketones is 1. The molecule has 2 aliphatic rings. The number of nitrogens with zero attached hydrogens (tertiary/aromatic N) is 9. The molecule has 800 valence electrons. The molecule has 140 heavy (non-hydrogen) atoms. The Kier molecular flexibility index (Phi) is 60.3. The third-order valence-electron chi connectivity index (χ3n) is 14.6. The molecule has 2 unspecified atom stereocenters. The van der Waals surface area contributed by atoms with Gasteiger partial charge in [-0.2, -0.15) is 8.42 Å². The van der Waals surface area contributed by atoms with E-state index < -0.39 is 141 Å². The van der Waals surface area contributed by atoms with Crippen LogP contribution in [0.5, 0.6) is 0 Å². The van der Waals surface area contributed by atoms with Gasteiger partial charge in [-0.05, 0) is 177 Å². The molecular formula is C89H159AlN15O32P2S+. The number of hydrogen-bond donors (Lipinski definition) is 10. The number of nitrogens with two attached hydrogens (primary N) is 3. The number of H-pyrrole nitrogens is 3. The van der Waals surface area contributed by atoms with Gasteiger partial charge >= 0.3 is 61.4 Å². The van der Waals surface area contributed by atoms with Gasteiger partial charge in [-0.25, -0.2) is 68.8 Å². The smallest absolute Gasteiger partial charge is 0.479 e. The van der Waals surface area contributed by atoms with E-state index in [1.807, 2.05) is 83.1 Å². The number of aromatic nitrogens is 12. The van der Waals surface area contributed by atoms with Gasteiger partial charge < -0.3 is 121 Å². The number of carbonyl (C=O) groups is 6. The minimum atomic E-state index is -4.53. The van der Waals surface area contributed by atoms with Crippen LogP contribution in [0.1, 0.15) is 232 Å². The van der Waals surface area contributed by atoms with Gasteiger partial charge in [0.05, 0.1) is 103 Å².